The summed E-state index contributed by atoms with van der Waals surface area (Å²) in [7, 11) is 4.66. The van der Waals surface area contributed by atoms with Crippen LogP contribution in [0.25, 0.3) is 11.1 Å². The summed E-state index contributed by atoms with van der Waals surface area (Å²) in [5.74, 6) is 0.703. The van der Waals surface area contributed by atoms with Crippen LogP contribution in [0, 0.1) is 11.7 Å². The van der Waals surface area contributed by atoms with Crippen LogP contribution in [0.3, 0.4) is 0 Å². The van der Waals surface area contributed by atoms with Crippen molar-refractivity contribution in [3.63, 3.8) is 0 Å². The Bertz CT molecular complexity index is 1690. The first kappa shape index (κ1) is 33.6. The number of hydrogen-bond donors (Lipinski definition) is 2. The van der Waals surface area contributed by atoms with Gasteiger partial charge in [0.25, 0.3) is 0 Å². The fourth-order valence-corrected chi connectivity index (χ4v) is 6.54. The molecular formula is C36H43FN4O6. The van der Waals surface area contributed by atoms with Crippen LogP contribution in [-0.4, -0.2) is 70.3 Å². The second kappa shape index (κ2) is 14.3. The fraction of sp³-hybridized carbons (Fsp3) is 0.417. The van der Waals surface area contributed by atoms with E-state index in [0.717, 1.165) is 16.8 Å². The number of amides is 2. The summed E-state index contributed by atoms with van der Waals surface area (Å²) >= 11 is 0. The van der Waals surface area contributed by atoms with Crippen molar-refractivity contribution in [2.45, 2.75) is 45.7 Å². The Morgan fingerprint density at radius 1 is 0.915 bits per heavy atom. The van der Waals surface area contributed by atoms with Gasteiger partial charge in [-0.3, -0.25) is 14.4 Å². The van der Waals surface area contributed by atoms with Crippen molar-refractivity contribution in [2.75, 3.05) is 57.7 Å². The van der Waals surface area contributed by atoms with Gasteiger partial charge in [0.2, 0.25) is 23.0 Å². The predicted molar refractivity (Wildman–Crippen MR) is 180 cm³/mol. The third-order valence-electron chi connectivity index (χ3n) is 8.94. The third-order valence-corrected chi connectivity index (χ3v) is 8.94. The lowest BCUT2D eigenvalue weighted by molar-refractivity contribution is -0.133. The van der Waals surface area contributed by atoms with Crippen LogP contribution < -0.4 is 35.2 Å². The van der Waals surface area contributed by atoms with Crippen molar-refractivity contribution in [3.05, 3.63) is 75.7 Å². The lowest BCUT2D eigenvalue weighted by Crippen LogP contribution is -2.54. The molecule has 0 spiro atoms. The first-order chi connectivity index (χ1) is 22.6. The molecule has 1 saturated heterocycles. The molecule has 3 aromatic rings. The summed E-state index contributed by atoms with van der Waals surface area (Å²) in [4.78, 5) is 44.0. The Hall–Kier alpha value is -4.80. The van der Waals surface area contributed by atoms with Gasteiger partial charge >= 0.3 is 0 Å². The van der Waals surface area contributed by atoms with Crippen LogP contribution in [0.1, 0.15) is 44.4 Å². The molecular weight excluding hydrogens is 603 g/mol. The Kier molecular flexibility index (Phi) is 10.2. The van der Waals surface area contributed by atoms with Gasteiger partial charge in [0.15, 0.2) is 11.5 Å². The van der Waals surface area contributed by atoms with E-state index in [9.17, 15) is 18.8 Å². The fourth-order valence-electron chi connectivity index (χ4n) is 6.54. The number of methoxy groups -OCH3 is 3. The van der Waals surface area contributed by atoms with Gasteiger partial charge in [0, 0.05) is 44.4 Å². The molecule has 0 radical (unpaired) electrons. The quantitative estimate of drug-likeness (QED) is 0.342. The molecule has 5 rings (SSSR count). The smallest absolute Gasteiger partial charge is 0.245 e. The van der Waals surface area contributed by atoms with E-state index in [1.54, 1.807) is 45.6 Å². The van der Waals surface area contributed by atoms with Gasteiger partial charge in [-0.05, 0) is 77.9 Å². The first-order valence-electron chi connectivity index (χ1n) is 15.9. The Labute approximate surface area is 274 Å². The predicted octanol–water partition coefficient (Wildman–Crippen LogP) is 4.79. The van der Waals surface area contributed by atoms with Crippen LogP contribution in [0.15, 0.2) is 53.3 Å². The Balaban J connectivity index is 1.50. The lowest BCUT2D eigenvalue weighted by Gasteiger charge is -2.38. The van der Waals surface area contributed by atoms with E-state index in [1.807, 2.05) is 30.9 Å². The monoisotopic (exact) mass is 646 g/mol. The highest BCUT2D eigenvalue weighted by Crippen LogP contribution is 2.50. The summed E-state index contributed by atoms with van der Waals surface area (Å²) in [6.45, 7) is 7.58. The van der Waals surface area contributed by atoms with Crippen molar-refractivity contribution < 1.29 is 28.2 Å². The average molecular weight is 647 g/mol. The molecule has 3 aromatic carbocycles. The molecule has 2 N–H and O–H groups in total. The highest BCUT2D eigenvalue weighted by Gasteiger charge is 2.32. The van der Waals surface area contributed by atoms with E-state index in [0.29, 0.717) is 67.4 Å². The van der Waals surface area contributed by atoms with Crippen LogP contribution >= 0.6 is 0 Å². The molecule has 47 heavy (non-hydrogen) atoms. The van der Waals surface area contributed by atoms with Crippen molar-refractivity contribution in [1.82, 2.24) is 10.2 Å². The molecule has 0 unspecified atom stereocenters. The molecule has 1 aliphatic heterocycles. The first-order valence-corrected chi connectivity index (χ1v) is 15.9. The van der Waals surface area contributed by atoms with E-state index < -0.39 is 12.1 Å². The average Bonchev–Trinajstić information content (AvgIpc) is 3.30. The van der Waals surface area contributed by atoms with Crippen molar-refractivity contribution in [2.24, 2.45) is 5.92 Å². The highest BCUT2D eigenvalue weighted by atomic mass is 19.1. The van der Waals surface area contributed by atoms with E-state index in [2.05, 4.69) is 15.5 Å². The lowest BCUT2D eigenvalue weighted by atomic mass is 9.95. The zero-order valence-corrected chi connectivity index (χ0v) is 27.8. The second-order valence-electron chi connectivity index (χ2n) is 12.3. The van der Waals surface area contributed by atoms with Crippen LogP contribution in [0.5, 0.6) is 17.2 Å². The maximum atomic E-state index is 13.9. The van der Waals surface area contributed by atoms with Crippen LogP contribution in [-0.2, 0) is 16.0 Å². The highest BCUT2D eigenvalue weighted by molar-refractivity contribution is 5.86. The maximum absolute atomic E-state index is 13.9. The van der Waals surface area contributed by atoms with E-state index in [-0.39, 0.29) is 34.7 Å². The molecule has 1 aliphatic carbocycles. The number of carbonyl (C=O) groups excluding carboxylic acids is 2. The molecule has 2 amide bonds. The van der Waals surface area contributed by atoms with Crippen LogP contribution in [0.2, 0.25) is 0 Å². The zero-order chi connectivity index (χ0) is 33.8. The topological polar surface area (TPSA) is 109 Å². The molecule has 0 bridgehead atoms. The minimum absolute atomic E-state index is 0.0915. The van der Waals surface area contributed by atoms with Gasteiger partial charge in [-0.25, -0.2) is 4.39 Å². The molecule has 1 heterocycles. The van der Waals surface area contributed by atoms with E-state index in [4.69, 9.17) is 14.2 Å². The number of rotatable bonds is 9. The van der Waals surface area contributed by atoms with E-state index in [1.165, 1.54) is 19.1 Å². The molecule has 2 atom stereocenters. The maximum Gasteiger partial charge on any atom is 0.245 e. The number of fused-ring (bicyclic) bond motifs is 3. The number of piperazine rings is 1. The normalized spacial score (nSPS) is 16.4. The zero-order valence-electron chi connectivity index (χ0n) is 27.8. The van der Waals surface area contributed by atoms with Crippen molar-refractivity contribution in [3.8, 4) is 28.4 Å². The van der Waals surface area contributed by atoms with Gasteiger partial charge in [0.1, 0.15) is 11.9 Å². The Morgan fingerprint density at radius 3 is 2.19 bits per heavy atom. The van der Waals surface area contributed by atoms with Gasteiger partial charge < -0.3 is 34.6 Å². The third kappa shape index (κ3) is 6.99. The summed E-state index contributed by atoms with van der Waals surface area (Å²) in [5, 5.41) is 6.30. The molecule has 250 valence electrons. The standard InChI is InChI=1S/C36H43FN4O6/c1-21(2)33(36(44)41-17-15-40(16-18-41)25-10-8-24(37)9-11-25)39-29-14-12-26-27(20-30(29)43)28(38-22(3)42)13-7-23-19-31(45-4)34(46-5)35(47-6)32(23)26/h8-12,14,19-21,28,33H,7,13,15-18H2,1-6H3,(H,38,42)(H,39,43)/t28-,33-/m0/s1. The van der Waals surface area contributed by atoms with Gasteiger partial charge in [-0.1, -0.05) is 19.9 Å². The minimum Gasteiger partial charge on any atom is -0.493 e. The van der Waals surface area contributed by atoms with Gasteiger partial charge in [0.05, 0.1) is 33.1 Å². The molecule has 0 aromatic heterocycles. The van der Waals surface area contributed by atoms with Crippen molar-refractivity contribution >= 4 is 23.2 Å². The second-order valence-corrected chi connectivity index (χ2v) is 12.3. The number of ether oxygens (including phenoxy) is 3. The molecule has 1 fully saturated rings. The number of benzene rings is 2. The number of nitrogens with zero attached hydrogens (tertiary/aromatic N) is 2. The number of halogens is 1. The van der Waals surface area contributed by atoms with Gasteiger partial charge in [-0.15, -0.1) is 0 Å². The summed E-state index contributed by atoms with van der Waals surface area (Å²) < 4.78 is 30.6. The number of nitrogens with one attached hydrogen (secondary N) is 2. The SMILES string of the molecule is COc1cc2c(c(OC)c1OC)-c1ccc(N[C@H](C(=O)N3CCN(c4ccc(F)cc4)CC3)C(C)C)c(=O)cc1[C@@H](NC(C)=O)CC2. The molecule has 10 nitrogen and oxygen atoms in total. The number of anilines is 2. The van der Waals surface area contributed by atoms with E-state index >= 15 is 0 Å². The molecule has 0 saturated carbocycles. The molecule has 2 aliphatic rings. The van der Waals surface area contributed by atoms with Crippen LogP contribution in [0.4, 0.5) is 15.8 Å². The van der Waals surface area contributed by atoms with Gasteiger partial charge in [-0.2, -0.15) is 0 Å². The molecule has 11 heteroatoms. The van der Waals surface area contributed by atoms with Crippen molar-refractivity contribution in [1.29, 1.82) is 0 Å². The summed E-state index contributed by atoms with van der Waals surface area (Å²) in [5.41, 5.74) is 3.93. The number of carbonyl (C=O) groups is 2. The largest absolute Gasteiger partial charge is 0.493 e. The summed E-state index contributed by atoms with van der Waals surface area (Å²) in [6.07, 6.45) is 1.13. The Morgan fingerprint density at radius 2 is 1.60 bits per heavy atom. The summed E-state index contributed by atoms with van der Waals surface area (Å²) in [6, 6.07) is 12.3. The minimum atomic E-state index is -0.653. The number of aryl methyl sites for hydroxylation is 1. The number of hydrogen-bond acceptors (Lipinski definition) is 8.